The molecule has 1 aromatic rings. The zero-order valence-corrected chi connectivity index (χ0v) is 14.4. The quantitative estimate of drug-likeness (QED) is 0.811. The zero-order chi connectivity index (χ0) is 17.7. The molecule has 0 radical (unpaired) electrons. The lowest BCUT2D eigenvalue weighted by Crippen LogP contribution is -2.55. The molecule has 2 amide bonds. The Hall–Kier alpha value is -2.06. The van der Waals surface area contributed by atoms with E-state index >= 15 is 0 Å². The van der Waals surface area contributed by atoms with Crippen molar-refractivity contribution in [3.63, 3.8) is 0 Å². The van der Waals surface area contributed by atoms with Gasteiger partial charge in [-0.15, -0.1) is 0 Å². The molecule has 8 heteroatoms. The van der Waals surface area contributed by atoms with E-state index in [1.54, 1.807) is 20.1 Å². The molecule has 1 unspecified atom stereocenters. The summed E-state index contributed by atoms with van der Waals surface area (Å²) in [6.45, 7) is 4.44. The van der Waals surface area contributed by atoms with Gasteiger partial charge in [-0.25, -0.2) is 9.59 Å². The number of rotatable bonds is 5. The highest BCUT2D eigenvalue weighted by atomic mass is 16.6. The number of esters is 1. The summed E-state index contributed by atoms with van der Waals surface area (Å²) in [5.74, 6) is 0.883. The van der Waals surface area contributed by atoms with Crippen LogP contribution in [0, 0.1) is 6.92 Å². The number of methoxy groups -OCH3 is 2. The SMILES string of the molecule is COCC(NC(=O)N1C[C@@H](C)O[C@@H](C(=O)OC)C1)c1ccc(C)o1. The number of ether oxygens (including phenoxy) is 3. The first-order valence-electron chi connectivity index (χ1n) is 7.78. The first-order valence-corrected chi connectivity index (χ1v) is 7.78. The second-order valence-electron chi connectivity index (χ2n) is 5.77. The smallest absolute Gasteiger partial charge is 0.336 e. The molecular weight excluding hydrogens is 316 g/mol. The molecule has 1 saturated heterocycles. The average Bonchev–Trinajstić information content (AvgIpc) is 2.99. The summed E-state index contributed by atoms with van der Waals surface area (Å²) in [6, 6.07) is 2.91. The molecule has 134 valence electrons. The number of morpholine rings is 1. The Morgan fingerprint density at radius 3 is 2.71 bits per heavy atom. The number of nitrogens with zero attached hydrogens (tertiary/aromatic N) is 1. The van der Waals surface area contributed by atoms with E-state index in [0.717, 1.165) is 5.76 Å². The number of nitrogens with one attached hydrogen (secondary N) is 1. The van der Waals surface area contributed by atoms with Gasteiger partial charge in [0.25, 0.3) is 0 Å². The Balaban J connectivity index is 2.04. The minimum atomic E-state index is -0.781. The van der Waals surface area contributed by atoms with Crippen molar-refractivity contribution in [1.82, 2.24) is 10.2 Å². The fourth-order valence-electron chi connectivity index (χ4n) is 2.62. The van der Waals surface area contributed by atoms with Gasteiger partial charge in [-0.2, -0.15) is 0 Å². The van der Waals surface area contributed by atoms with E-state index in [0.29, 0.717) is 12.3 Å². The van der Waals surface area contributed by atoms with Gasteiger partial charge in [0.1, 0.15) is 17.6 Å². The molecule has 2 rings (SSSR count). The predicted molar refractivity (Wildman–Crippen MR) is 84.5 cm³/mol. The van der Waals surface area contributed by atoms with Gasteiger partial charge < -0.3 is 28.8 Å². The van der Waals surface area contributed by atoms with Crippen molar-refractivity contribution >= 4 is 12.0 Å². The molecule has 0 aromatic carbocycles. The highest BCUT2D eigenvalue weighted by Gasteiger charge is 2.34. The van der Waals surface area contributed by atoms with Crippen LogP contribution >= 0.6 is 0 Å². The number of furan rings is 1. The van der Waals surface area contributed by atoms with Gasteiger partial charge in [0.15, 0.2) is 6.10 Å². The number of hydrogen-bond acceptors (Lipinski definition) is 6. The number of urea groups is 1. The molecule has 2 heterocycles. The van der Waals surface area contributed by atoms with Crippen molar-refractivity contribution in [3.8, 4) is 0 Å². The van der Waals surface area contributed by atoms with Gasteiger partial charge in [0, 0.05) is 13.7 Å². The van der Waals surface area contributed by atoms with Crippen LogP contribution in [0.3, 0.4) is 0 Å². The normalized spacial score (nSPS) is 22.1. The number of hydrogen-bond donors (Lipinski definition) is 1. The van der Waals surface area contributed by atoms with Crippen LogP contribution in [0.1, 0.15) is 24.5 Å². The minimum Gasteiger partial charge on any atom is -0.467 e. The van der Waals surface area contributed by atoms with Crippen LogP contribution in [0.15, 0.2) is 16.5 Å². The van der Waals surface area contributed by atoms with E-state index in [1.165, 1.54) is 12.0 Å². The van der Waals surface area contributed by atoms with Crippen molar-refractivity contribution in [2.45, 2.75) is 32.1 Å². The summed E-state index contributed by atoms with van der Waals surface area (Å²) >= 11 is 0. The Bertz CT molecular complexity index is 573. The van der Waals surface area contributed by atoms with Crippen LogP contribution in [-0.2, 0) is 19.0 Å². The monoisotopic (exact) mass is 340 g/mol. The summed E-state index contributed by atoms with van der Waals surface area (Å²) in [5.41, 5.74) is 0. The van der Waals surface area contributed by atoms with E-state index in [2.05, 4.69) is 5.32 Å². The number of amides is 2. The number of carbonyl (C=O) groups is 2. The van der Waals surface area contributed by atoms with E-state index < -0.39 is 18.1 Å². The molecule has 1 aliphatic rings. The lowest BCUT2D eigenvalue weighted by Gasteiger charge is -2.36. The lowest BCUT2D eigenvalue weighted by molar-refractivity contribution is -0.164. The molecule has 0 aliphatic carbocycles. The van der Waals surface area contributed by atoms with E-state index in [-0.39, 0.29) is 25.3 Å². The molecule has 1 aliphatic heterocycles. The van der Waals surface area contributed by atoms with Crippen LogP contribution in [0.2, 0.25) is 0 Å². The van der Waals surface area contributed by atoms with Gasteiger partial charge in [-0.05, 0) is 26.0 Å². The molecule has 1 fully saturated rings. The van der Waals surface area contributed by atoms with Crippen molar-refractivity contribution in [2.75, 3.05) is 33.9 Å². The Morgan fingerprint density at radius 2 is 2.12 bits per heavy atom. The number of aryl methyl sites for hydroxylation is 1. The van der Waals surface area contributed by atoms with Crippen molar-refractivity contribution < 1.29 is 28.2 Å². The highest BCUT2D eigenvalue weighted by Crippen LogP contribution is 2.18. The Labute approximate surface area is 141 Å². The molecule has 8 nitrogen and oxygen atoms in total. The fourth-order valence-corrected chi connectivity index (χ4v) is 2.62. The first kappa shape index (κ1) is 18.3. The molecule has 0 bridgehead atoms. The van der Waals surface area contributed by atoms with Crippen molar-refractivity contribution in [2.24, 2.45) is 0 Å². The summed E-state index contributed by atoms with van der Waals surface area (Å²) in [4.78, 5) is 25.8. The predicted octanol–water partition coefficient (Wildman–Crippen LogP) is 1.25. The summed E-state index contributed by atoms with van der Waals surface area (Å²) < 4.78 is 21.0. The summed E-state index contributed by atoms with van der Waals surface area (Å²) in [5, 5.41) is 2.88. The van der Waals surface area contributed by atoms with E-state index in [9.17, 15) is 9.59 Å². The van der Waals surface area contributed by atoms with E-state index in [4.69, 9.17) is 18.6 Å². The van der Waals surface area contributed by atoms with Gasteiger partial charge in [0.2, 0.25) is 0 Å². The third kappa shape index (κ3) is 4.48. The summed E-state index contributed by atoms with van der Waals surface area (Å²) in [6.07, 6.45) is -1.04. The molecular formula is C16H24N2O6. The van der Waals surface area contributed by atoms with Gasteiger partial charge in [0.05, 0.1) is 26.4 Å². The Kier molecular flexibility index (Phi) is 6.22. The summed E-state index contributed by atoms with van der Waals surface area (Å²) in [7, 11) is 2.85. The zero-order valence-electron chi connectivity index (χ0n) is 14.4. The fraction of sp³-hybridized carbons (Fsp3) is 0.625. The maximum absolute atomic E-state index is 12.6. The minimum absolute atomic E-state index is 0.139. The maximum atomic E-state index is 12.6. The molecule has 1 aromatic heterocycles. The third-order valence-corrected chi connectivity index (χ3v) is 3.75. The highest BCUT2D eigenvalue weighted by molar-refractivity contribution is 5.78. The standard InChI is InChI=1S/C16H24N2O6/c1-10-5-6-13(23-10)12(9-21-3)17-16(20)18-7-11(2)24-14(8-18)15(19)22-4/h5-6,11-12,14H,7-9H2,1-4H3,(H,17,20)/t11-,12?,14-/m1/s1. The van der Waals surface area contributed by atoms with Crippen LogP contribution in [-0.4, -0.2) is 63.0 Å². The van der Waals surface area contributed by atoms with Crippen LogP contribution in [0.25, 0.3) is 0 Å². The van der Waals surface area contributed by atoms with E-state index in [1.807, 2.05) is 13.0 Å². The molecule has 24 heavy (non-hydrogen) atoms. The van der Waals surface area contributed by atoms with Crippen molar-refractivity contribution in [1.29, 1.82) is 0 Å². The van der Waals surface area contributed by atoms with Crippen LogP contribution < -0.4 is 5.32 Å². The van der Waals surface area contributed by atoms with Gasteiger partial charge in [-0.1, -0.05) is 0 Å². The molecule has 1 N–H and O–H groups in total. The van der Waals surface area contributed by atoms with Crippen molar-refractivity contribution in [3.05, 3.63) is 23.7 Å². The molecule has 0 saturated carbocycles. The average molecular weight is 340 g/mol. The Morgan fingerprint density at radius 1 is 1.38 bits per heavy atom. The topological polar surface area (TPSA) is 90.2 Å². The third-order valence-electron chi connectivity index (χ3n) is 3.75. The number of carbonyl (C=O) groups excluding carboxylic acids is 2. The lowest BCUT2D eigenvalue weighted by atomic mass is 10.2. The van der Waals surface area contributed by atoms with Gasteiger partial charge in [-0.3, -0.25) is 0 Å². The largest absolute Gasteiger partial charge is 0.467 e. The first-order chi connectivity index (χ1) is 11.4. The van der Waals surface area contributed by atoms with Crippen LogP contribution in [0.5, 0.6) is 0 Å². The molecule has 0 spiro atoms. The maximum Gasteiger partial charge on any atom is 0.336 e. The van der Waals surface area contributed by atoms with Gasteiger partial charge >= 0.3 is 12.0 Å². The van der Waals surface area contributed by atoms with Crippen LogP contribution in [0.4, 0.5) is 4.79 Å². The molecule has 3 atom stereocenters. The second kappa shape index (κ2) is 8.16. The second-order valence-corrected chi connectivity index (χ2v) is 5.77.